The summed E-state index contributed by atoms with van der Waals surface area (Å²) < 4.78 is 0. The fourth-order valence-corrected chi connectivity index (χ4v) is 4.05. The highest BCUT2D eigenvalue weighted by atomic mass is 127. The Balaban J connectivity index is 0.00000264. The SMILES string of the molecule is CCC1(CNC(=NC)NCCCc2nc(C)cs2)CCCC1.I. The molecule has 0 atom stereocenters. The molecule has 0 spiro atoms. The first-order valence-corrected chi connectivity index (χ1v) is 9.41. The Labute approximate surface area is 162 Å². The number of hydrogen-bond donors (Lipinski definition) is 2. The van der Waals surface area contributed by atoms with Crippen LogP contribution >= 0.6 is 35.3 Å². The maximum absolute atomic E-state index is 4.50. The van der Waals surface area contributed by atoms with Crippen LogP contribution in [0.25, 0.3) is 0 Å². The van der Waals surface area contributed by atoms with Gasteiger partial charge in [-0.15, -0.1) is 35.3 Å². The topological polar surface area (TPSA) is 49.3 Å². The van der Waals surface area contributed by atoms with E-state index in [0.717, 1.165) is 37.6 Å². The van der Waals surface area contributed by atoms with Gasteiger partial charge in [0.05, 0.1) is 5.01 Å². The van der Waals surface area contributed by atoms with Gasteiger partial charge < -0.3 is 10.6 Å². The second kappa shape index (κ2) is 10.5. The normalized spacial score (nSPS) is 16.9. The molecule has 2 N–H and O–H groups in total. The van der Waals surface area contributed by atoms with E-state index >= 15 is 0 Å². The van der Waals surface area contributed by atoms with Gasteiger partial charge in [0.15, 0.2) is 5.96 Å². The van der Waals surface area contributed by atoms with Crippen molar-refractivity contribution in [3.8, 4) is 0 Å². The lowest BCUT2D eigenvalue weighted by molar-refractivity contribution is 0.283. The molecule has 0 aliphatic heterocycles. The summed E-state index contributed by atoms with van der Waals surface area (Å²) in [7, 11) is 1.85. The highest BCUT2D eigenvalue weighted by molar-refractivity contribution is 14.0. The van der Waals surface area contributed by atoms with Crippen LogP contribution < -0.4 is 10.6 Å². The van der Waals surface area contributed by atoms with Crippen LogP contribution in [0.5, 0.6) is 0 Å². The number of guanidine groups is 1. The van der Waals surface area contributed by atoms with Crippen molar-refractivity contribution in [3.05, 3.63) is 16.1 Å². The van der Waals surface area contributed by atoms with Gasteiger partial charge in [0, 0.05) is 37.6 Å². The number of hydrogen-bond acceptors (Lipinski definition) is 3. The van der Waals surface area contributed by atoms with E-state index in [1.54, 1.807) is 11.3 Å². The van der Waals surface area contributed by atoms with Crippen LogP contribution in [0.15, 0.2) is 10.4 Å². The third kappa shape index (κ3) is 6.57. The number of thiazole rings is 1. The molecule has 132 valence electrons. The van der Waals surface area contributed by atoms with Crippen molar-refractivity contribution in [3.63, 3.8) is 0 Å². The molecular formula is C17H31IN4S. The molecule has 1 aliphatic rings. The molecule has 0 unspecified atom stereocenters. The Morgan fingerprint density at radius 1 is 1.35 bits per heavy atom. The smallest absolute Gasteiger partial charge is 0.190 e. The zero-order valence-corrected chi connectivity index (χ0v) is 17.8. The first-order chi connectivity index (χ1) is 10.7. The highest BCUT2D eigenvalue weighted by Gasteiger charge is 2.31. The fraction of sp³-hybridized carbons (Fsp3) is 0.765. The zero-order chi connectivity index (χ0) is 15.8. The van der Waals surface area contributed by atoms with Crippen LogP contribution in [0.1, 0.15) is 56.2 Å². The van der Waals surface area contributed by atoms with Gasteiger partial charge in [-0.05, 0) is 38.0 Å². The van der Waals surface area contributed by atoms with Crippen molar-refractivity contribution < 1.29 is 0 Å². The van der Waals surface area contributed by atoms with Crippen molar-refractivity contribution in [1.29, 1.82) is 0 Å². The van der Waals surface area contributed by atoms with Gasteiger partial charge in [0.1, 0.15) is 0 Å². The molecule has 0 bridgehead atoms. The molecule has 0 aromatic carbocycles. The molecule has 1 heterocycles. The third-order valence-electron chi connectivity index (χ3n) is 4.80. The summed E-state index contributed by atoms with van der Waals surface area (Å²) in [5, 5.41) is 10.3. The van der Waals surface area contributed by atoms with Gasteiger partial charge in [0.2, 0.25) is 0 Å². The molecule has 0 amide bonds. The summed E-state index contributed by atoms with van der Waals surface area (Å²) in [5.41, 5.74) is 1.63. The van der Waals surface area contributed by atoms with Crippen LogP contribution in [0, 0.1) is 12.3 Å². The van der Waals surface area contributed by atoms with E-state index in [-0.39, 0.29) is 24.0 Å². The maximum atomic E-state index is 4.50. The number of aromatic nitrogens is 1. The summed E-state index contributed by atoms with van der Waals surface area (Å²) in [5.74, 6) is 0.940. The van der Waals surface area contributed by atoms with E-state index in [9.17, 15) is 0 Å². The number of aliphatic imine (C=N–C) groups is 1. The third-order valence-corrected chi connectivity index (χ3v) is 5.82. The molecule has 1 aromatic heterocycles. The van der Waals surface area contributed by atoms with Crippen molar-refractivity contribution in [1.82, 2.24) is 15.6 Å². The average Bonchev–Trinajstić information content (AvgIpc) is 3.16. The lowest BCUT2D eigenvalue weighted by atomic mass is 9.83. The van der Waals surface area contributed by atoms with Gasteiger partial charge in [-0.25, -0.2) is 4.98 Å². The number of nitrogens with one attached hydrogen (secondary N) is 2. The molecule has 1 saturated carbocycles. The number of nitrogens with zero attached hydrogens (tertiary/aromatic N) is 2. The average molecular weight is 450 g/mol. The molecule has 2 rings (SSSR count). The molecule has 1 fully saturated rings. The Morgan fingerprint density at radius 2 is 2.09 bits per heavy atom. The van der Waals surface area contributed by atoms with Gasteiger partial charge in [0.25, 0.3) is 0 Å². The van der Waals surface area contributed by atoms with Crippen LogP contribution in [0.3, 0.4) is 0 Å². The predicted molar refractivity (Wildman–Crippen MR) is 111 cm³/mol. The Hall–Kier alpha value is -0.370. The molecule has 23 heavy (non-hydrogen) atoms. The monoisotopic (exact) mass is 450 g/mol. The van der Waals surface area contributed by atoms with Gasteiger partial charge in [-0.3, -0.25) is 4.99 Å². The fourth-order valence-electron chi connectivity index (χ4n) is 3.24. The van der Waals surface area contributed by atoms with Gasteiger partial charge in [-0.2, -0.15) is 0 Å². The van der Waals surface area contributed by atoms with Crippen LogP contribution in [-0.4, -0.2) is 31.1 Å². The van der Waals surface area contributed by atoms with Crippen LogP contribution in [0.4, 0.5) is 0 Å². The van der Waals surface area contributed by atoms with Crippen LogP contribution in [-0.2, 0) is 6.42 Å². The molecule has 0 saturated heterocycles. The first kappa shape index (κ1) is 20.7. The quantitative estimate of drug-likeness (QED) is 0.284. The highest BCUT2D eigenvalue weighted by Crippen LogP contribution is 2.40. The van der Waals surface area contributed by atoms with Gasteiger partial charge in [-0.1, -0.05) is 19.8 Å². The summed E-state index contributed by atoms with van der Waals surface area (Å²) >= 11 is 1.76. The van der Waals surface area contributed by atoms with Crippen molar-refractivity contribution in [2.24, 2.45) is 10.4 Å². The molecule has 1 aliphatic carbocycles. The Bertz CT molecular complexity index is 481. The van der Waals surface area contributed by atoms with E-state index in [0.29, 0.717) is 5.41 Å². The molecular weight excluding hydrogens is 419 g/mol. The lowest BCUT2D eigenvalue weighted by Crippen LogP contribution is -2.43. The minimum absolute atomic E-state index is 0. The summed E-state index contributed by atoms with van der Waals surface area (Å²) in [6.07, 6.45) is 8.88. The van der Waals surface area contributed by atoms with Crippen LogP contribution in [0.2, 0.25) is 0 Å². The predicted octanol–water partition coefficient (Wildman–Crippen LogP) is 4.14. The number of aryl methyl sites for hydroxylation is 2. The van der Waals surface area contributed by atoms with E-state index in [1.165, 1.54) is 37.1 Å². The summed E-state index contributed by atoms with van der Waals surface area (Å²) in [4.78, 5) is 8.85. The van der Waals surface area contributed by atoms with Crippen molar-refractivity contribution in [2.45, 2.75) is 58.8 Å². The molecule has 6 heteroatoms. The van der Waals surface area contributed by atoms with Crippen molar-refractivity contribution >= 4 is 41.3 Å². The van der Waals surface area contributed by atoms with E-state index < -0.39 is 0 Å². The Morgan fingerprint density at radius 3 is 2.65 bits per heavy atom. The number of halogens is 1. The first-order valence-electron chi connectivity index (χ1n) is 8.53. The summed E-state index contributed by atoms with van der Waals surface area (Å²) in [6.45, 7) is 6.36. The standard InChI is InChI=1S/C17H30N4S.HI/c1-4-17(9-5-6-10-17)13-20-16(18-3)19-11-7-8-15-21-14(2)12-22-15;/h12H,4-11,13H2,1-3H3,(H2,18,19,20);1H. The molecule has 4 nitrogen and oxygen atoms in total. The molecule has 0 radical (unpaired) electrons. The molecule has 1 aromatic rings. The van der Waals surface area contributed by atoms with Gasteiger partial charge >= 0.3 is 0 Å². The zero-order valence-electron chi connectivity index (χ0n) is 14.7. The van der Waals surface area contributed by atoms with E-state index in [2.05, 4.69) is 39.8 Å². The second-order valence-electron chi connectivity index (χ2n) is 6.40. The minimum Gasteiger partial charge on any atom is -0.356 e. The largest absolute Gasteiger partial charge is 0.356 e. The number of rotatable bonds is 7. The van der Waals surface area contributed by atoms with Crippen molar-refractivity contribution in [2.75, 3.05) is 20.1 Å². The summed E-state index contributed by atoms with van der Waals surface area (Å²) in [6, 6.07) is 0. The second-order valence-corrected chi connectivity index (χ2v) is 7.34. The minimum atomic E-state index is 0. The van der Waals surface area contributed by atoms with E-state index in [1.807, 2.05) is 7.05 Å². The van der Waals surface area contributed by atoms with E-state index in [4.69, 9.17) is 0 Å². The maximum Gasteiger partial charge on any atom is 0.190 e. The lowest BCUT2D eigenvalue weighted by Gasteiger charge is -2.28. The Kier molecular flexibility index (Phi) is 9.43.